The van der Waals surface area contributed by atoms with E-state index in [0.29, 0.717) is 0 Å². The minimum Gasteiger partial charge on any atom is -0.480 e. The summed E-state index contributed by atoms with van der Waals surface area (Å²) >= 11 is 0. The molecule has 1 heterocycles. The van der Waals surface area contributed by atoms with Gasteiger partial charge in [-0.25, -0.2) is 0 Å². The fourth-order valence-corrected chi connectivity index (χ4v) is 3.91. The number of hydrogen-bond acceptors (Lipinski definition) is 3. The highest BCUT2D eigenvalue weighted by molar-refractivity contribution is 6.48. The van der Waals surface area contributed by atoms with Gasteiger partial charge < -0.3 is 15.4 Å². The van der Waals surface area contributed by atoms with E-state index >= 15 is 0 Å². The van der Waals surface area contributed by atoms with Gasteiger partial charge in [-0.05, 0) is 38.5 Å². The van der Waals surface area contributed by atoms with Gasteiger partial charge in [0, 0.05) is 5.41 Å². The zero-order chi connectivity index (χ0) is 12.5. The van der Waals surface area contributed by atoms with Crippen LogP contribution in [0.4, 0.5) is 0 Å². The van der Waals surface area contributed by atoms with Gasteiger partial charge in [-0.1, -0.05) is 19.7 Å². The number of nitrogens with one attached hydrogen (secondary N) is 1. The van der Waals surface area contributed by atoms with E-state index in [-0.39, 0.29) is 12.3 Å². The van der Waals surface area contributed by atoms with Crippen molar-refractivity contribution < 1.29 is 14.9 Å². The van der Waals surface area contributed by atoms with Crippen LogP contribution in [-0.4, -0.2) is 35.1 Å². The monoisotopic (exact) mass is 239 g/mol. The van der Waals surface area contributed by atoms with Crippen molar-refractivity contribution >= 4 is 12.9 Å². The third-order valence-electron chi connectivity index (χ3n) is 4.79. The largest absolute Gasteiger partial charge is 0.480 e. The second-order valence-corrected chi connectivity index (χ2v) is 5.76. The molecule has 17 heavy (non-hydrogen) atoms. The Balaban J connectivity index is 2.08. The first-order valence-corrected chi connectivity index (χ1v) is 6.69. The van der Waals surface area contributed by atoms with Gasteiger partial charge in [0.15, 0.2) is 0 Å². The Morgan fingerprint density at radius 3 is 2.82 bits per heavy atom. The Morgan fingerprint density at radius 1 is 1.41 bits per heavy atom. The van der Waals surface area contributed by atoms with E-state index in [1.165, 1.54) is 0 Å². The van der Waals surface area contributed by atoms with Crippen LogP contribution in [-0.2, 0) is 4.79 Å². The lowest BCUT2D eigenvalue weighted by atomic mass is 9.63. The van der Waals surface area contributed by atoms with Crippen molar-refractivity contribution in [1.29, 1.82) is 0 Å². The molecule has 2 rings (SSSR count). The Hall–Kier alpha value is -0.545. The summed E-state index contributed by atoms with van der Waals surface area (Å²) in [6, 6.07) is 0. The second-order valence-electron chi connectivity index (χ2n) is 5.76. The summed E-state index contributed by atoms with van der Waals surface area (Å²) in [5, 5.41) is 22.1. The number of fused-ring (bicyclic) bond motifs is 1. The quantitative estimate of drug-likeness (QED) is 0.633. The molecule has 5 heteroatoms. The zero-order valence-electron chi connectivity index (χ0n) is 10.5. The van der Waals surface area contributed by atoms with Crippen molar-refractivity contribution in [3.05, 3.63) is 0 Å². The predicted octanol–water partition coefficient (Wildman–Crippen LogP) is 1.37. The molecule has 0 aromatic heterocycles. The van der Waals surface area contributed by atoms with Gasteiger partial charge in [-0.2, -0.15) is 0 Å². The van der Waals surface area contributed by atoms with Crippen molar-refractivity contribution in [1.82, 2.24) is 5.32 Å². The number of hydrogen-bond donors (Lipinski definition) is 3. The van der Waals surface area contributed by atoms with E-state index in [2.05, 4.69) is 5.32 Å². The maximum absolute atomic E-state index is 11.6. The average molecular weight is 239 g/mol. The lowest BCUT2D eigenvalue weighted by Crippen LogP contribution is -2.54. The summed E-state index contributed by atoms with van der Waals surface area (Å²) in [5.74, 6) is -0.676. The molecule has 1 aliphatic heterocycles. The molecule has 0 radical (unpaired) electrons. The molecule has 1 saturated carbocycles. The maximum Gasteiger partial charge on any atom is 0.324 e. The molecule has 1 aliphatic carbocycles. The number of rotatable bonds is 5. The molecule has 1 saturated heterocycles. The minimum absolute atomic E-state index is 0.0618. The number of carboxylic acids is 1. The maximum atomic E-state index is 11.6. The molecule has 3 N–H and O–H groups in total. The van der Waals surface area contributed by atoms with Crippen LogP contribution in [0, 0.1) is 5.41 Å². The van der Waals surface area contributed by atoms with Crippen LogP contribution < -0.4 is 5.32 Å². The molecule has 0 aromatic rings. The lowest BCUT2D eigenvalue weighted by molar-refractivity contribution is -0.148. The summed E-state index contributed by atoms with van der Waals surface area (Å²) in [5.41, 5.74) is -0.737. The van der Waals surface area contributed by atoms with E-state index < -0.39 is 11.5 Å². The predicted molar refractivity (Wildman–Crippen MR) is 67.1 cm³/mol. The topological polar surface area (TPSA) is 69.6 Å². The lowest BCUT2D eigenvalue weighted by Gasteiger charge is -2.37. The van der Waals surface area contributed by atoms with Crippen LogP contribution in [0.25, 0.3) is 0 Å². The van der Waals surface area contributed by atoms with Gasteiger partial charge in [0.2, 0.25) is 0 Å². The molecule has 4 nitrogen and oxygen atoms in total. The molecule has 0 bridgehead atoms. The molecule has 0 aromatic carbocycles. The van der Waals surface area contributed by atoms with Crippen LogP contribution in [0.2, 0.25) is 13.1 Å². The van der Waals surface area contributed by atoms with Crippen LogP contribution in [0.1, 0.15) is 38.5 Å². The minimum atomic E-state index is -0.676. The van der Waals surface area contributed by atoms with E-state index in [1.807, 2.05) is 0 Å². The van der Waals surface area contributed by atoms with Crippen LogP contribution in [0.15, 0.2) is 0 Å². The van der Waals surface area contributed by atoms with Gasteiger partial charge in [0.1, 0.15) is 5.54 Å². The molecule has 96 valence electrons. The van der Waals surface area contributed by atoms with E-state index in [9.17, 15) is 14.9 Å². The fourth-order valence-electron chi connectivity index (χ4n) is 3.91. The molecule has 2 unspecified atom stereocenters. The number of aliphatic carboxylic acids is 1. The van der Waals surface area contributed by atoms with Crippen molar-refractivity contribution in [2.45, 2.75) is 57.2 Å². The summed E-state index contributed by atoms with van der Waals surface area (Å²) in [6.07, 6.45) is 6.39. The summed E-state index contributed by atoms with van der Waals surface area (Å²) in [6.45, 7) is 2.34. The third-order valence-corrected chi connectivity index (χ3v) is 4.79. The van der Waals surface area contributed by atoms with Gasteiger partial charge in [0.25, 0.3) is 6.92 Å². The summed E-state index contributed by atoms with van der Waals surface area (Å²) in [4.78, 5) is 11.6. The average Bonchev–Trinajstić information content (AvgIpc) is 2.72. The van der Waals surface area contributed by atoms with Crippen molar-refractivity contribution in [2.75, 3.05) is 6.54 Å². The summed E-state index contributed by atoms with van der Waals surface area (Å²) in [7, 11) is 0. The van der Waals surface area contributed by atoms with Crippen molar-refractivity contribution in [3.63, 3.8) is 0 Å². The highest BCUT2D eigenvalue weighted by atomic mass is 16.4. The Morgan fingerprint density at radius 2 is 2.18 bits per heavy atom. The molecular formula is C12H22BNO3. The summed E-state index contributed by atoms with van der Waals surface area (Å²) < 4.78 is 0. The molecular weight excluding hydrogens is 217 g/mol. The first kappa shape index (κ1) is 12.9. The van der Waals surface area contributed by atoms with E-state index in [4.69, 9.17) is 0 Å². The van der Waals surface area contributed by atoms with Gasteiger partial charge >= 0.3 is 5.97 Å². The van der Waals surface area contributed by atoms with Gasteiger partial charge in [0.05, 0.1) is 0 Å². The Bertz CT molecular complexity index is 296. The van der Waals surface area contributed by atoms with Crippen LogP contribution in [0.3, 0.4) is 0 Å². The van der Waals surface area contributed by atoms with Gasteiger partial charge in [-0.15, -0.1) is 0 Å². The SMILES string of the molecule is CB(O)CCCC12CCCC1(C(=O)O)NCC2. The normalized spacial score (nSPS) is 35.9. The fraction of sp³-hybridized carbons (Fsp3) is 0.917. The first-order valence-electron chi connectivity index (χ1n) is 6.69. The van der Waals surface area contributed by atoms with Crippen molar-refractivity contribution in [3.8, 4) is 0 Å². The van der Waals surface area contributed by atoms with Crippen molar-refractivity contribution in [2.24, 2.45) is 5.41 Å². The van der Waals surface area contributed by atoms with Gasteiger partial charge in [-0.3, -0.25) is 4.79 Å². The molecule has 2 aliphatic rings. The molecule has 0 amide bonds. The number of carbonyl (C=O) groups is 1. The van der Waals surface area contributed by atoms with Crippen LogP contribution in [0.5, 0.6) is 0 Å². The second kappa shape index (κ2) is 4.61. The smallest absolute Gasteiger partial charge is 0.324 e. The van der Waals surface area contributed by atoms with E-state index in [0.717, 1.165) is 51.4 Å². The number of carboxylic acid groups (broad SMARTS) is 1. The molecule has 2 fully saturated rings. The molecule has 2 atom stereocenters. The Labute approximate surface area is 103 Å². The third kappa shape index (κ3) is 1.99. The highest BCUT2D eigenvalue weighted by Gasteiger charge is 2.61. The highest BCUT2D eigenvalue weighted by Crippen LogP contribution is 2.55. The standard InChI is InChI=1S/C12H22BNO3/c1-13(17)8-3-5-11-4-2-6-12(11,10(15)16)14-9-7-11/h14,17H,2-9H2,1H3,(H,15,16). The zero-order valence-corrected chi connectivity index (χ0v) is 10.5. The van der Waals surface area contributed by atoms with E-state index in [1.54, 1.807) is 6.82 Å². The van der Waals surface area contributed by atoms with Crippen LogP contribution >= 0.6 is 0 Å². The Kier molecular flexibility index (Phi) is 3.50. The molecule has 0 spiro atoms. The first-order chi connectivity index (χ1) is 8.02.